The van der Waals surface area contributed by atoms with E-state index in [4.69, 9.17) is 9.15 Å². The van der Waals surface area contributed by atoms with E-state index in [1.54, 1.807) is 24.3 Å². The van der Waals surface area contributed by atoms with Gasteiger partial charge in [0, 0.05) is 0 Å². The first-order valence-electron chi connectivity index (χ1n) is 5.18. The summed E-state index contributed by atoms with van der Waals surface area (Å²) in [4.78, 5) is 21.2. The Morgan fingerprint density at radius 3 is 2.72 bits per heavy atom. The third-order valence-corrected chi connectivity index (χ3v) is 2.28. The molecule has 0 bridgehead atoms. The van der Waals surface area contributed by atoms with Crippen LogP contribution in [0.5, 0.6) is 5.75 Å². The van der Waals surface area contributed by atoms with Crippen LogP contribution in [0, 0.1) is 0 Å². The molecule has 0 saturated carbocycles. The molecule has 0 fully saturated rings. The molecular weight excluding hydrogens is 236 g/mol. The highest BCUT2D eigenvalue weighted by Gasteiger charge is 2.05. The molecule has 0 saturated heterocycles. The van der Waals surface area contributed by atoms with Gasteiger partial charge in [0.25, 0.3) is 0 Å². The number of hydrogen-bond acceptors (Lipinski definition) is 5. The van der Waals surface area contributed by atoms with Gasteiger partial charge in [0.05, 0.1) is 5.56 Å². The number of ether oxygens (including phenoxy) is 1. The van der Waals surface area contributed by atoms with E-state index in [1.165, 1.54) is 12.1 Å². The maximum atomic E-state index is 10.7. The van der Waals surface area contributed by atoms with Crippen LogP contribution in [0.15, 0.2) is 40.8 Å². The van der Waals surface area contributed by atoms with Crippen LogP contribution in [-0.2, 0) is 6.61 Å². The number of carbonyl (C=O) groups excluding carboxylic acids is 2. The van der Waals surface area contributed by atoms with Crippen molar-refractivity contribution in [2.45, 2.75) is 6.61 Å². The Bertz CT molecular complexity index is 570. The van der Waals surface area contributed by atoms with Crippen molar-refractivity contribution in [3.8, 4) is 5.75 Å². The molecule has 0 unspecified atom stereocenters. The fourth-order valence-electron chi connectivity index (χ4n) is 1.42. The second-order valence-corrected chi connectivity index (χ2v) is 3.50. The molecule has 0 aliphatic carbocycles. The molecule has 1 aromatic heterocycles. The molecule has 5 heteroatoms. The zero-order chi connectivity index (χ0) is 13.0. The minimum atomic E-state index is -1.38. The summed E-state index contributed by atoms with van der Waals surface area (Å²) in [7, 11) is 0. The highest BCUT2D eigenvalue weighted by Crippen LogP contribution is 2.18. The highest BCUT2D eigenvalue weighted by molar-refractivity contribution is 5.82. The number of aldehydes is 1. The average Bonchev–Trinajstić information content (AvgIpc) is 2.85. The van der Waals surface area contributed by atoms with Crippen molar-refractivity contribution in [2.24, 2.45) is 0 Å². The molecule has 18 heavy (non-hydrogen) atoms. The molecule has 0 radical (unpaired) electrons. The molecule has 5 nitrogen and oxygen atoms in total. The molecule has 0 aliphatic rings. The first kappa shape index (κ1) is 11.9. The lowest BCUT2D eigenvalue weighted by Crippen LogP contribution is -2.21. The molecule has 0 spiro atoms. The molecule has 2 aromatic rings. The second-order valence-electron chi connectivity index (χ2n) is 3.50. The average molecular weight is 245 g/mol. The van der Waals surface area contributed by atoms with Gasteiger partial charge in [-0.1, -0.05) is 12.1 Å². The van der Waals surface area contributed by atoms with E-state index in [0.717, 1.165) is 0 Å². The largest absolute Gasteiger partial charge is 0.542 e. The van der Waals surface area contributed by atoms with Gasteiger partial charge < -0.3 is 19.1 Å². The Balaban J connectivity index is 2.06. The number of benzene rings is 1. The van der Waals surface area contributed by atoms with E-state index in [1.807, 2.05) is 0 Å². The SMILES string of the molecule is O=Cc1ccccc1OCc1ccc(C(=O)[O-])o1. The minimum absolute atomic E-state index is 0.0398. The Morgan fingerprint density at radius 1 is 1.28 bits per heavy atom. The Hall–Kier alpha value is -2.56. The van der Waals surface area contributed by atoms with Crippen LogP contribution < -0.4 is 9.84 Å². The number of aromatic carboxylic acids is 1. The number of para-hydroxylation sites is 1. The highest BCUT2D eigenvalue weighted by atomic mass is 16.5. The van der Waals surface area contributed by atoms with E-state index in [-0.39, 0.29) is 12.4 Å². The Morgan fingerprint density at radius 2 is 2.06 bits per heavy atom. The van der Waals surface area contributed by atoms with Crippen LogP contribution in [0.2, 0.25) is 0 Å². The lowest BCUT2D eigenvalue weighted by molar-refractivity contribution is -0.257. The standard InChI is InChI=1S/C13H10O5/c14-7-9-3-1-2-4-11(9)17-8-10-5-6-12(18-10)13(15)16/h1-7H,8H2,(H,15,16)/p-1. The maximum Gasteiger partial charge on any atom is 0.153 e. The van der Waals surface area contributed by atoms with Gasteiger partial charge in [0.1, 0.15) is 29.8 Å². The third-order valence-electron chi connectivity index (χ3n) is 2.28. The monoisotopic (exact) mass is 245 g/mol. The predicted octanol–water partition coefficient (Wildman–Crippen LogP) is 1.03. The maximum absolute atomic E-state index is 10.7. The van der Waals surface area contributed by atoms with E-state index < -0.39 is 5.97 Å². The van der Waals surface area contributed by atoms with Gasteiger partial charge in [-0.15, -0.1) is 0 Å². The number of carboxylic acid groups (broad SMARTS) is 1. The van der Waals surface area contributed by atoms with Crippen molar-refractivity contribution in [1.82, 2.24) is 0 Å². The fraction of sp³-hybridized carbons (Fsp3) is 0.0769. The van der Waals surface area contributed by atoms with Gasteiger partial charge >= 0.3 is 0 Å². The Kier molecular flexibility index (Phi) is 3.43. The number of carboxylic acids is 1. The minimum Gasteiger partial charge on any atom is -0.542 e. The van der Waals surface area contributed by atoms with Crippen molar-refractivity contribution >= 4 is 12.3 Å². The molecule has 0 amide bonds. The summed E-state index contributed by atoms with van der Waals surface area (Å²) in [5.41, 5.74) is 0.421. The van der Waals surface area contributed by atoms with E-state index in [2.05, 4.69) is 0 Å². The van der Waals surface area contributed by atoms with E-state index >= 15 is 0 Å². The molecular formula is C13H9O5-. The molecule has 92 valence electrons. The first-order chi connectivity index (χ1) is 8.70. The number of rotatable bonds is 5. The number of hydrogen-bond donors (Lipinski definition) is 0. The summed E-state index contributed by atoms with van der Waals surface area (Å²) < 4.78 is 10.3. The van der Waals surface area contributed by atoms with Crippen LogP contribution in [-0.4, -0.2) is 12.3 Å². The van der Waals surface area contributed by atoms with Crippen molar-refractivity contribution in [3.63, 3.8) is 0 Å². The van der Waals surface area contributed by atoms with Crippen molar-refractivity contribution < 1.29 is 23.8 Å². The fourth-order valence-corrected chi connectivity index (χ4v) is 1.42. The zero-order valence-corrected chi connectivity index (χ0v) is 9.29. The van der Waals surface area contributed by atoms with Crippen LogP contribution in [0.4, 0.5) is 0 Å². The van der Waals surface area contributed by atoms with Crippen molar-refractivity contribution in [3.05, 3.63) is 53.5 Å². The van der Waals surface area contributed by atoms with Crippen molar-refractivity contribution in [1.29, 1.82) is 0 Å². The topological polar surface area (TPSA) is 79.6 Å². The quantitative estimate of drug-likeness (QED) is 0.735. The molecule has 1 aromatic carbocycles. The summed E-state index contributed by atoms with van der Waals surface area (Å²) in [5.74, 6) is -0.874. The zero-order valence-electron chi connectivity index (χ0n) is 9.29. The van der Waals surface area contributed by atoms with Crippen LogP contribution in [0.1, 0.15) is 26.7 Å². The van der Waals surface area contributed by atoms with Crippen LogP contribution in [0.25, 0.3) is 0 Å². The second kappa shape index (κ2) is 5.18. The summed E-state index contributed by atoms with van der Waals surface area (Å²) in [6, 6.07) is 9.49. The normalized spacial score (nSPS) is 10.0. The molecule has 1 heterocycles. The van der Waals surface area contributed by atoms with Crippen LogP contribution >= 0.6 is 0 Å². The first-order valence-corrected chi connectivity index (χ1v) is 5.18. The predicted molar refractivity (Wildman–Crippen MR) is 59.2 cm³/mol. The van der Waals surface area contributed by atoms with E-state index in [0.29, 0.717) is 23.4 Å². The smallest absolute Gasteiger partial charge is 0.153 e. The summed E-state index contributed by atoms with van der Waals surface area (Å²) in [6.45, 7) is 0.0398. The molecule has 2 rings (SSSR count). The van der Waals surface area contributed by atoms with Gasteiger partial charge in [-0.05, 0) is 24.3 Å². The summed E-state index contributed by atoms with van der Waals surface area (Å²) >= 11 is 0. The lowest BCUT2D eigenvalue weighted by atomic mass is 10.2. The van der Waals surface area contributed by atoms with Gasteiger partial charge in [0.2, 0.25) is 0 Å². The van der Waals surface area contributed by atoms with E-state index in [9.17, 15) is 14.7 Å². The van der Waals surface area contributed by atoms with Gasteiger partial charge in [-0.25, -0.2) is 0 Å². The van der Waals surface area contributed by atoms with Gasteiger partial charge in [-0.2, -0.15) is 0 Å². The van der Waals surface area contributed by atoms with Gasteiger partial charge in [0.15, 0.2) is 6.29 Å². The van der Waals surface area contributed by atoms with Gasteiger partial charge in [-0.3, -0.25) is 4.79 Å². The third kappa shape index (κ3) is 2.57. The molecule has 0 N–H and O–H groups in total. The lowest BCUT2D eigenvalue weighted by Gasteiger charge is -2.06. The summed E-state index contributed by atoms with van der Waals surface area (Å²) in [6.07, 6.45) is 0.685. The Labute approximate surface area is 103 Å². The molecule has 0 atom stereocenters. The summed E-state index contributed by atoms with van der Waals surface area (Å²) in [5, 5.41) is 10.5. The molecule has 0 aliphatic heterocycles. The van der Waals surface area contributed by atoms with Crippen molar-refractivity contribution in [2.75, 3.05) is 0 Å². The number of furan rings is 1. The van der Waals surface area contributed by atoms with Crippen LogP contribution in [0.3, 0.4) is 0 Å². The number of carbonyl (C=O) groups is 2.